The largest absolute Gasteiger partial charge is 0.481 e. The molecule has 2 heterocycles. The Morgan fingerprint density at radius 3 is 2.45 bits per heavy atom. The van der Waals surface area contributed by atoms with Crippen LogP contribution in [0.25, 0.3) is 11.2 Å². The highest BCUT2D eigenvalue weighted by Crippen LogP contribution is 2.25. The number of nitrogen functional groups attached to an aromatic ring is 1. The fraction of sp³-hybridized carbons (Fsp3) is 0.160. The number of nitrogens with zero attached hydrogens (tertiary/aromatic N) is 4. The van der Waals surface area contributed by atoms with E-state index in [-0.39, 0.29) is 47.0 Å². The molecule has 4 rings (SSSR count). The normalized spacial score (nSPS) is 13.6. The van der Waals surface area contributed by atoms with Crippen LogP contribution in [0.1, 0.15) is 28.9 Å². The van der Waals surface area contributed by atoms with Gasteiger partial charge in [0.2, 0.25) is 11.7 Å². The van der Waals surface area contributed by atoms with Crippen LogP contribution in [0.15, 0.2) is 59.2 Å². The van der Waals surface area contributed by atoms with Crippen LogP contribution in [-0.2, 0) is 25.7 Å². The maximum atomic E-state index is 12.7. The Kier molecular flexibility index (Phi) is 7.74. The molecule has 1 aliphatic carbocycles. The number of benzene rings is 1. The molecule has 2 aromatic heterocycles. The van der Waals surface area contributed by atoms with Gasteiger partial charge in [-0.15, -0.1) is 0 Å². The van der Waals surface area contributed by atoms with Crippen LogP contribution >= 0.6 is 0 Å². The molecule has 15 heteroatoms. The summed E-state index contributed by atoms with van der Waals surface area (Å²) in [5, 5.41) is 20.4. The van der Waals surface area contributed by atoms with Gasteiger partial charge in [-0.3, -0.25) is 29.0 Å². The predicted molar refractivity (Wildman–Crippen MR) is 138 cm³/mol. The number of fused-ring (bicyclic) bond motifs is 1. The molecule has 0 fully saturated rings. The molecule has 1 aromatic carbocycles. The maximum Gasteiger partial charge on any atom is 0.326 e. The first kappa shape index (κ1) is 27.3. The van der Waals surface area contributed by atoms with Crippen molar-refractivity contribution in [1.29, 1.82) is 0 Å². The molecule has 0 saturated heterocycles. The van der Waals surface area contributed by atoms with Gasteiger partial charge in [-0.25, -0.2) is 14.8 Å². The number of aromatic nitrogens is 4. The number of allylic oxidation sites excluding steroid dienone is 3. The number of nitrogens with one attached hydrogen (secondary N) is 2. The van der Waals surface area contributed by atoms with Crippen LogP contribution in [-0.4, -0.2) is 65.6 Å². The van der Waals surface area contributed by atoms with Crippen molar-refractivity contribution in [2.75, 3.05) is 10.6 Å². The van der Waals surface area contributed by atoms with Gasteiger partial charge in [-0.2, -0.15) is 4.98 Å². The summed E-state index contributed by atoms with van der Waals surface area (Å²) in [7, 11) is 0. The Balaban J connectivity index is 1.64. The first-order valence-corrected chi connectivity index (χ1v) is 11.6. The zero-order chi connectivity index (χ0) is 29.0. The summed E-state index contributed by atoms with van der Waals surface area (Å²) in [6.45, 7) is -0.118. The minimum absolute atomic E-state index is 0.00412. The number of hydrogen-bond acceptors (Lipinski definition) is 11. The van der Waals surface area contributed by atoms with Crippen LogP contribution in [0.3, 0.4) is 0 Å². The zero-order valence-corrected chi connectivity index (χ0v) is 20.5. The number of carbonyl (C=O) groups is 5. The third-order valence-corrected chi connectivity index (χ3v) is 5.72. The fourth-order valence-corrected chi connectivity index (χ4v) is 3.79. The molecule has 1 atom stereocenters. The summed E-state index contributed by atoms with van der Waals surface area (Å²) >= 11 is 0. The first-order valence-electron chi connectivity index (χ1n) is 11.6. The Morgan fingerprint density at radius 1 is 1.05 bits per heavy atom. The third-order valence-electron chi connectivity index (χ3n) is 5.72. The van der Waals surface area contributed by atoms with E-state index in [1.54, 1.807) is 0 Å². The number of nitrogens with two attached hydrogens (primary N) is 1. The number of H-pyrrole nitrogens is 1. The summed E-state index contributed by atoms with van der Waals surface area (Å²) in [5.74, 6) is -4.39. The molecule has 0 spiro atoms. The predicted octanol–water partition coefficient (Wildman–Crippen LogP) is -0.0584. The molecule has 40 heavy (non-hydrogen) atoms. The Morgan fingerprint density at radius 2 is 1.77 bits per heavy atom. The lowest BCUT2D eigenvalue weighted by Crippen LogP contribution is -2.41. The van der Waals surface area contributed by atoms with E-state index in [4.69, 9.17) is 10.8 Å². The Labute approximate surface area is 224 Å². The molecule has 204 valence electrons. The van der Waals surface area contributed by atoms with Crippen molar-refractivity contribution in [3.63, 3.8) is 0 Å². The topological polar surface area (TPSA) is 239 Å². The lowest BCUT2D eigenvalue weighted by molar-refractivity contribution is -0.140. The van der Waals surface area contributed by atoms with Gasteiger partial charge in [0.05, 0.1) is 24.1 Å². The highest BCUT2D eigenvalue weighted by Gasteiger charge is 2.24. The number of carboxylic acids is 2. The van der Waals surface area contributed by atoms with E-state index in [2.05, 4.69) is 25.3 Å². The van der Waals surface area contributed by atoms with Crippen LogP contribution in [0.5, 0.6) is 0 Å². The van der Waals surface area contributed by atoms with E-state index in [1.165, 1.54) is 35.4 Å². The van der Waals surface area contributed by atoms with E-state index in [9.17, 15) is 33.9 Å². The standard InChI is InChI=1S/C25H21N7O8/c26-25-30-21-20(23(38)31-25)28-13(10-27-21)11-32(17-9-15(33)5-7-18(17)34)14-3-1-12(2-4-14)22(37)29-16(24(39)40)6-8-19(35)36/h1-5,7,9-10,16H,6,8,11H2,(H,29,37)(H,35,36)(H,39,40)(H3,26,27,30,31,38)/t16-/m0/s1. The van der Waals surface area contributed by atoms with Crippen LogP contribution in [0, 0.1) is 0 Å². The highest BCUT2D eigenvalue weighted by molar-refractivity contribution is 6.18. The van der Waals surface area contributed by atoms with E-state index in [0.29, 0.717) is 5.69 Å². The minimum Gasteiger partial charge on any atom is -0.481 e. The van der Waals surface area contributed by atoms with Crippen LogP contribution < -0.4 is 21.5 Å². The quantitative estimate of drug-likeness (QED) is 0.209. The van der Waals surface area contributed by atoms with E-state index < -0.39 is 47.4 Å². The summed E-state index contributed by atoms with van der Waals surface area (Å²) in [6.07, 6.45) is 3.93. The molecule has 0 bridgehead atoms. The number of ketones is 2. The van der Waals surface area contributed by atoms with Gasteiger partial charge in [0.15, 0.2) is 16.9 Å². The smallest absolute Gasteiger partial charge is 0.326 e. The summed E-state index contributed by atoms with van der Waals surface area (Å²) < 4.78 is 0. The second-order valence-corrected chi connectivity index (χ2v) is 8.54. The van der Waals surface area contributed by atoms with Crippen molar-refractivity contribution in [3.8, 4) is 0 Å². The lowest BCUT2D eigenvalue weighted by Gasteiger charge is -2.27. The van der Waals surface area contributed by atoms with Crippen molar-refractivity contribution in [3.05, 3.63) is 76.0 Å². The Bertz CT molecular complexity index is 1660. The molecular formula is C25H21N7O8. The number of rotatable bonds is 10. The average Bonchev–Trinajstić information content (AvgIpc) is 2.91. The van der Waals surface area contributed by atoms with Crippen molar-refractivity contribution in [1.82, 2.24) is 25.3 Å². The second kappa shape index (κ2) is 11.3. The zero-order valence-electron chi connectivity index (χ0n) is 20.5. The SMILES string of the molecule is Nc1nc2ncc(CN(C3=CC(=O)C=CC3=O)c3ccc(C(=O)N[C@@H](CCC(=O)O)C(=O)O)cc3)nc2c(=O)[nH]1. The highest BCUT2D eigenvalue weighted by atomic mass is 16.4. The lowest BCUT2D eigenvalue weighted by atomic mass is 10.1. The number of aromatic amines is 1. The molecule has 0 radical (unpaired) electrons. The summed E-state index contributed by atoms with van der Waals surface area (Å²) in [5.41, 5.74) is 5.50. The number of amides is 1. The van der Waals surface area contributed by atoms with Crippen molar-refractivity contribution < 1.29 is 34.2 Å². The van der Waals surface area contributed by atoms with Gasteiger partial charge in [0.25, 0.3) is 11.5 Å². The number of aliphatic carboxylic acids is 2. The van der Waals surface area contributed by atoms with E-state index in [1.807, 2.05) is 0 Å². The van der Waals surface area contributed by atoms with Gasteiger partial charge in [-0.05, 0) is 42.8 Å². The maximum absolute atomic E-state index is 12.7. The third kappa shape index (κ3) is 6.21. The Hall–Kier alpha value is -5.73. The molecule has 0 saturated carbocycles. The molecule has 6 N–H and O–H groups in total. The monoisotopic (exact) mass is 547 g/mol. The minimum atomic E-state index is -1.41. The average molecular weight is 547 g/mol. The van der Waals surface area contributed by atoms with Gasteiger partial charge in [-0.1, -0.05) is 0 Å². The van der Waals surface area contributed by atoms with Crippen LogP contribution in [0.2, 0.25) is 0 Å². The van der Waals surface area contributed by atoms with E-state index >= 15 is 0 Å². The number of carboxylic acid groups (broad SMARTS) is 2. The van der Waals surface area contributed by atoms with E-state index in [0.717, 1.165) is 18.2 Å². The van der Waals surface area contributed by atoms with Crippen molar-refractivity contribution in [2.45, 2.75) is 25.4 Å². The first-order chi connectivity index (χ1) is 19.0. The molecular weight excluding hydrogens is 526 g/mol. The molecule has 3 aromatic rings. The van der Waals surface area contributed by atoms with Gasteiger partial charge in [0.1, 0.15) is 6.04 Å². The van der Waals surface area contributed by atoms with Gasteiger partial charge >= 0.3 is 11.9 Å². The van der Waals surface area contributed by atoms with Crippen molar-refractivity contribution in [2.24, 2.45) is 0 Å². The molecule has 1 aliphatic rings. The summed E-state index contributed by atoms with van der Waals surface area (Å²) in [4.78, 5) is 88.0. The number of hydrogen-bond donors (Lipinski definition) is 5. The second-order valence-electron chi connectivity index (χ2n) is 8.54. The molecule has 0 aliphatic heterocycles. The fourth-order valence-electron chi connectivity index (χ4n) is 3.79. The molecule has 15 nitrogen and oxygen atoms in total. The number of carbonyl (C=O) groups excluding carboxylic acids is 3. The number of anilines is 2. The molecule has 0 unspecified atom stereocenters. The summed E-state index contributed by atoms with van der Waals surface area (Å²) in [6, 6.07) is 4.23. The molecule has 1 amide bonds. The van der Waals surface area contributed by atoms with Crippen molar-refractivity contribution >= 4 is 52.2 Å². The van der Waals surface area contributed by atoms with Crippen LogP contribution in [0.4, 0.5) is 11.6 Å². The van der Waals surface area contributed by atoms with Gasteiger partial charge in [0, 0.05) is 23.7 Å². The van der Waals surface area contributed by atoms with Gasteiger partial charge < -0.3 is 26.2 Å².